The molecule has 13 heteroatoms. The van der Waals surface area contributed by atoms with E-state index in [0.717, 1.165) is 24.3 Å². The van der Waals surface area contributed by atoms with E-state index >= 15 is 0 Å². The van der Waals surface area contributed by atoms with Gasteiger partial charge in [-0.05, 0) is 60.7 Å². The molecule has 0 radical (unpaired) electrons. The summed E-state index contributed by atoms with van der Waals surface area (Å²) in [6, 6.07) is 16.0. The summed E-state index contributed by atoms with van der Waals surface area (Å²) >= 11 is 0. The zero-order valence-corrected chi connectivity index (χ0v) is 19.9. The summed E-state index contributed by atoms with van der Waals surface area (Å²) in [5, 5.41) is 11.6. The Kier molecular flexibility index (Phi) is 7.26. The van der Waals surface area contributed by atoms with E-state index in [1.807, 2.05) is 0 Å². The van der Waals surface area contributed by atoms with Gasteiger partial charge in [0, 0.05) is 29.7 Å². The number of carbonyl (C=O) groups is 1. The lowest BCUT2D eigenvalue weighted by Gasteiger charge is -2.09. The zero-order valence-electron chi connectivity index (χ0n) is 19.1. The first kappa shape index (κ1) is 26.1. The molecule has 2 aromatic carbocycles. The zero-order chi connectivity index (χ0) is 27.3. The first-order valence-electron chi connectivity index (χ1n) is 10.7. The van der Waals surface area contributed by atoms with Crippen molar-refractivity contribution in [1.29, 1.82) is 5.26 Å². The van der Waals surface area contributed by atoms with Crippen LogP contribution >= 0.6 is 0 Å². The van der Waals surface area contributed by atoms with Crippen LogP contribution in [0.25, 0.3) is 17.4 Å². The van der Waals surface area contributed by atoms with Crippen molar-refractivity contribution >= 4 is 33.6 Å². The van der Waals surface area contributed by atoms with Gasteiger partial charge in [0.05, 0.1) is 10.5 Å². The second-order valence-corrected chi connectivity index (χ2v) is 9.29. The molecule has 0 bridgehead atoms. The number of halogens is 3. The van der Waals surface area contributed by atoms with Crippen molar-refractivity contribution in [3.05, 3.63) is 96.0 Å². The molecule has 4 rings (SSSR count). The second-order valence-electron chi connectivity index (χ2n) is 7.61. The number of sulfonamides is 1. The predicted molar refractivity (Wildman–Crippen MR) is 131 cm³/mol. The molecule has 0 aliphatic carbocycles. The van der Waals surface area contributed by atoms with Crippen LogP contribution in [0.5, 0.6) is 0 Å². The van der Waals surface area contributed by atoms with Gasteiger partial charge in [0.2, 0.25) is 5.95 Å². The molecule has 1 amide bonds. The molecule has 0 aliphatic rings. The Morgan fingerprint density at radius 1 is 1.00 bits per heavy atom. The number of nitrogens with zero attached hydrogens (tertiary/aromatic N) is 3. The topological polar surface area (TPSA) is 138 Å². The lowest BCUT2D eigenvalue weighted by molar-refractivity contribution is -0.137. The molecule has 192 valence electrons. The van der Waals surface area contributed by atoms with Crippen molar-refractivity contribution in [2.75, 3.05) is 10.0 Å². The Morgan fingerprint density at radius 3 is 2.37 bits per heavy atom. The van der Waals surface area contributed by atoms with Crippen LogP contribution in [0.15, 0.2) is 94.0 Å². The number of nitrogens with one attached hydrogen (secondary N) is 2. The van der Waals surface area contributed by atoms with Gasteiger partial charge < -0.3 is 9.73 Å². The van der Waals surface area contributed by atoms with Crippen molar-refractivity contribution in [1.82, 2.24) is 9.97 Å². The summed E-state index contributed by atoms with van der Waals surface area (Å²) in [6.07, 6.45) is -0.670. The molecule has 0 saturated heterocycles. The van der Waals surface area contributed by atoms with Crippen molar-refractivity contribution in [2.45, 2.75) is 11.1 Å². The minimum Gasteiger partial charge on any atom is -0.457 e. The van der Waals surface area contributed by atoms with Crippen molar-refractivity contribution in [3.63, 3.8) is 0 Å². The summed E-state index contributed by atoms with van der Waals surface area (Å²) in [5.41, 5.74) is -0.976. The number of benzene rings is 2. The van der Waals surface area contributed by atoms with E-state index in [1.165, 1.54) is 48.8 Å². The normalized spacial score (nSPS) is 12.0. The smallest absolute Gasteiger partial charge is 0.416 e. The number of anilines is 2. The average Bonchev–Trinajstić information content (AvgIpc) is 3.36. The SMILES string of the molecule is N#C/C(=C\c1ccc(-c2ccc(S(=O)(=O)Nc3ncccn3)cc2)o1)C(=O)Nc1cccc(C(F)(F)F)c1. The highest BCUT2D eigenvalue weighted by atomic mass is 32.2. The van der Waals surface area contributed by atoms with E-state index in [1.54, 1.807) is 18.2 Å². The van der Waals surface area contributed by atoms with E-state index in [-0.39, 0.29) is 22.3 Å². The van der Waals surface area contributed by atoms with E-state index < -0.39 is 33.2 Å². The van der Waals surface area contributed by atoms with Gasteiger partial charge in [0.1, 0.15) is 23.2 Å². The van der Waals surface area contributed by atoms with Crippen molar-refractivity contribution < 1.29 is 30.8 Å². The molecular formula is C25H16F3N5O4S. The van der Waals surface area contributed by atoms with Crippen LogP contribution in [0.3, 0.4) is 0 Å². The lowest BCUT2D eigenvalue weighted by atomic mass is 10.1. The summed E-state index contributed by atoms with van der Waals surface area (Å²) in [5.74, 6) is -0.566. The van der Waals surface area contributed by atoms with Crippen LogP contribution in [0.1, 0.15) is 11.3 Å². The summed E-state index contributed by atoms with van der Waals surface area (Å²) in [4.78, 5) is 20.0. The maximum atomic E-state index is 12.9. The second kappa shape index (κ2) is 10.6. The van der Waals surface area contributed by atoms with E-state index in [2.05, 4.69) is 20.0 Å². The Bertz CT molecular complexity index is 1640. The third kappa shape index (κ3) is 6.23. The van der Waals surface area contributed by atoms with Gasteiger partial charge in [0.25, 0.3) is 15.9 Å². The number of hydrogen-bond acceptors (Lipinski definition) is 7. The Labute approximate surface area is 214 Å². The summed E-state index contributed by atoms with van der Waals surface area (Å²) in [6.45, 7) is 0. The highest BCUT2D eigenvalue weighted by Gasteiger charge is 2.30. The van der Waals surface area contributed by atoms with Crippen LogP contribution in [-0.4, -0.2) is 24.3 Å². The number of furan rings is 1. The fourth-order valence-electron chi connectivity index (χ4n) is 3.18. The highest BCUT2D eigenvalue weighted by Crippen LogP contribution is 2.31. The first-order chi connectivity index (χ1) is 18.0. The van der Waals surface area contributed by atoms with Crippen LogP contribution in [-0.2, 0) is 21.0 Å². The van der Waals surface area contributed by atoms with Gasteiger partial charge in [-0.1, -0.05) is 6.07 Å². The maximum Gasteiger partial charge on any atom is 0.416 e. The molecule has 0 unspecified atom stereocenters. The standard InChI is InChI=1S/C25H16F3N5O4S/c26-25(27,28)18-3-1-4-19(14-18)32-23(34)17(15-29)13-20-7-10-22(37-20)16-5-8-21(9-6-16)38(35,36)33-24-30-11-2-12-31-24/h1-14H,(H,32,34)(H,30,31,33)/b17-13+. The van der Waals surface area contributed by atoms with Crippen LogP contribution in [0.4, 0.5) is 24.8 Å². The number of aromatic nitrogens is 2. The minimum absolute atomic E-state index is 0.0431. The Morgan fingerprint density at radius 2 is 1.71 bits per heavy atom. The van der Waals surface area contributed by atoms with Gasteiger partial charge >= 0.3 is 6.18 Å². The molecule has 0 saturated carbocycles. The molecule has 2 heterocycles. The molecule has 2 aromatic heterocycles. The number of hydrogen-bond donors (Lipinski definition) is 2. The molecule has 9 nitrogen and oxygen atoms in total. The van der Waals surface area contributed by atoms with E-state index in [0.29, 0.717) is 11.3 Å². The number of carbonyl (C=O) groups excluding carboxylic acids is 1. The molecular weight excluding hydrogens is 523 g/mol. The van der Waals surface area contributed by atoms with Gasteiger partial charge in [-0.15, -0.1) is 0 Å². The number of amides is 1. The fourth-order valence-corrected chi connectivity index (χ4v) is 4.14. The summed E-state index contributed by atoms with van der Waals surface area (Å²) < 4.78 is 71.7. The fraction of sp³-hybridized carbons (Fsp3) is 0.0400. The third-order valence-electron chi connectivity index (χ3n) is 4.97. The average molecular weight is 539 g/mol. The number of rotatable bonds is 7. The highest BCUT2D eigenvalue weighted by molar-refractivity contribution is 7.92. The molecule has 2 N–H and O–H groups in total. The molecule has 38 heavy (non-hydrogen) atoms. The van der Waals surface area contributed by atoms with Crippen molar-refractivity contribution in [3.8, 4) is 17.4 Å². The largest absolute Gasteiger partial charge is 0.457 e. The first-order valence-corrected chi connectivity index (χ1v) is 12.1. The molecule has 4 aromatic rings. The predicted octanol–water partition coefficient (Wildman–Crippen LogP) is 5.10. The lowest BCUT2D eigenvalue weighted by Crippen LogP contribution is -2.14. The van der Waals surface area contributed by atoms with E-state index in [4.69, 9.17) is 4.42 Å². The molecule has 0 aliphatic heterocycles. The Hall–Kier alpha value is -4.96. The maximum absolute atomic E-state index is 12.9. The molecule has 0 spiro atoms. The van der Waals surface area contributed by atoms with Crippen LogP contribution in [0.2, 0.25) is 0 Å². The van der Waals surface area contributed by atoms with E-state index in [9.17, 15) is 31.6 Å². The summed E-state index contributed by atoms with van der Waals surface area (Å²) in [7, 11) is -3.93. The molecule has 0 atom stereocenters. The molecule has 0 fully saturated rings. The van der Waals surface area contributed by atoms with Gasteiger partial charge in [-0.25, -0.2) is 23.1 Å². The number of nitriles is 1. The monoisotopic (exact) mass is 539 g/mol. The quantitative estimate of drug-likeness (QED) is 0.246. The van der Waals surface area contributed by atoms with Crippen molar-refractivity contribution in [2.24, 2.45) is 0 Å². The minimum atomic E-state index is -4.59. The van der Waals surface area contributed by atoms with Crippen LogP contribution in [0, 0.1) is 11.3 Å². The number of alkyl halides is 3. The third-order valence-corrected chi connectivity index (χ3v) is 6.31. The van der Waals surface area contributed by atoms with Gasteiger partial charge in [-0.3, -0.25) is 4.79 Å². The van der Waals surface area contributed by atoms with Crippen LogP contribution < -0.4 is 10.0 Å². The van der Waals surface area contributed by atoms with Gasteiger partial charge in [0.15, 0.2) is 0 Å². The van der Waals surface area contributed by atoms with Gasteiger partial charge in [-0.2, -0.15) is 18.4 Å². The Balaban J connectivity index is 1.48.